The summed E-state index contributed by atoms with van der Waals surface area (Å²) in [5.74, 6) is 0. The quantitative estimate of drug-likeness (QED) is 0.553. The largest absolute Gasteiger partial charge is 0.346 e. The van der Waals surface area contributed by atoms with Crippen LogP contribution in [0.25, 0.3) is 0 Å². The fourth-order valence-electron chi connectivity index (χ4n) is 0.924. The number of benzene rings is 1. The van der Waals surface area contributed by atoms with E-state index in [0.29, 0.717) is 4.99 Å². The van der Waals surface area contributed by atoms with Gasteiger partial charge >= 0.3 is 0 Å². The highest BCUT2D eigenvalue weighted by atomic mass is 32.1. The van der Waals surface area contributed by atoms with Gasteiger partial charge in [-0.2, -0.15) is 0 Å². The second kappa shape index (κ2) is 4.74. The van der Waals surface area contributed by atoms with Crippen molar-refractivity contribution < 1.29 is 5.73 Å². The van der Waals surface area contributed by atoms with Gasteiger partial charge in [-0.3, -0.25) is 0 Å². The lowest BCUT2D eigenvalue weighted by molar-refractivity contribution is -0.301. The molecular formula is C10H13N2S+. The first kappa shape index (κ1) is 9.89. The first-order valence-electron chi connectivity index (χ1n) is 4.05. The van der Waals surface area contributed by atoms with Crippen LogP contribution in [0.2, 0.25) is 0 Å². The van der Waals surface area contributed by atoms with Crippen molar-refractivity contribution in [1.82, 2.24) is 0 Å². The lowest BCUT2D eigenvalue weighted by atomic mass is 10.3. The van der Waals surface area contributed by atoms with Crippen LogP contribution in [0.4, 0.5) is 5.69 Å². The predicted octanol–water partition coefficient (Wildman–Crippen LogP) is 1.57. The molecule has 0 aliphatic rings. The number of para-hydroxylation sites is 1. The third kappa shape index (κ3) is 3.83. The zero-order valence-electron chi connectivity index (χ0n) is 7.58. The van der Waals surface area contributed by atoms with Crippen molar-refractivity contribution in [2.24, 2.45) is 0 Å². The zero-order chi connectivity index (χ0) is 9.68. The van der Waals surface area contributed by atoms with Gasteiger partial charge in [-0.25, -0.2) is 0 Å². The van der Waals surface area contributed by atoms with Gasteiger partial charge in [0.05, 0.1) is 0 Å². The standard InChI is InChI=1S/C10H12N2S/c1-8(11)7-10(13)12-9-5-3-2-4-6-9/h2-7H,11H2,1H3,(H,12,13)/p+1/b8-7+. The first-order chi connectivity index (χ1) is 6.18. The summed E-state index contributed by atoms with van der Waals surface area (Å²) in [6, 6.07) is 9.84. The van der Waals surface area contributed by atoms with Gasteiger partial charge in [-0.15, -0.1) is 0 Å². The van der Waals surface area contributed by atoms with E-state index in [1.54, 1.807) is 0 Å². The molecule has 1 aromatic rings. The Balaban J connectivity index is 2.61. The van der Waals surface area contributed by atoms with Crippen molar-refractivity contribution >= 4 is 22.9 Å². The van der Waals surface area contributed by atoms with Crippen LogP contribution in [-0.4, -0.2) is 4.99 Å². The maximum atomic E-state index is 5.08. The van der Waals surface area contributed by atoms with Crippen LogP contribution in [-0.2, 0) is 0 Å². The van der Waals surface area contributed by atoms with Gasteiger partial charge in [0, 0.05) is 18.7 Å². The summed E-state index contributed by atoms with van der Waals surface area (Å²) in [6.45, 7) is 1.92. The van der Waals surface area contributed by atoms with Gasteiger partial charge in [0.1, 0.15) is 10.7 Å². The number of hydrogen-bond donors (Lipinski definition) is 2. The SMILES string of the molecule is C/C([NH3+])=C\C(=S)Nc1ccccc1. The van der Waals surface area contributed by atoms with Crippen molar-refractivity contribution in [1.29, 1.82) is 0 Å². The molecule has 0 aliphatic heterocycles. The molecule has 0 aliphatic carbocycles. The average molecular weight is 193 g/mol. The van der Waals surface area contributed by atoms with E-state index >= 15 is 0 Å². The maximum absolute atomic E-state index is 5.08. The minimum Gasteiger partial charge on any atom is -0.346 e. The molecule has 68 valence electrons. The molecule has 4 N–H and O–H groups in total. The molecule has 0 aromatic heterocycles. The third-order valence-corrected chi connectivity index (χ3v) is 1.64. The molecule has 0 saturated heterocycles. The van der Waals surface area contributed by atoms with Crippen molar-refractivity contribution in [3.63, 3.8) is 0 Å². The van der Waals surface area contributed by atoms with E-state index in [9.17, 15) is 0 Å². The van der Waals surface area contributed by atoms with Gasteiger partial charge in [-0.05, 0) is 12.1 Å². The van der Waals surface area contributed by atoms with E-state index in [1.807, 2.05) is 43.3 Å². The maximum Gasteiger partial charge on any atom is 0.109 e. The lowest BCUT2D eigenvalue weighted by Crippen LogP contribution is -2.46. The van der Waals surface area contributed by atoms with E-state index in [-0.39, 0.29) is 0 Å². The molecular weight excluding hydrogens is 180 g/mol. The van der Waals surface area contributed by atoms with Crippen LogP contribution in [0.3, 0.4) is 0 Å². The lowest BCUT2D eigenvalue weighted by Gasteiger charge is -2.02. The molecule has 0 atom stereocenters. The molecule has 2 nitrogen and oxygen atoms in total. The molecule has 1 rings (SSSR count). The average Bonchev–Trinajstić information content (AvgIpc) is 2.04. The molecule has 0 fully saturated rings. The minimum atomic E-state index is 0.693. The molecule has 0 spiro atoms. The summed E-state index contributed by atoms with van der Waals surface area (Å²) in [5, 5.41) is 3.09. The van der Waals surface area contributed by atoms with Crippen molar-refractivity contribution in [2.75, 3.05) is 5.32 Å². The summed E-state index contributed by atoms with van der Waals surface area (Å²) in [7, 11) is 0. The van der Waals surface area contributed by atoms with E-state index < -0.39 is 0 Å². The van der Waals surface area contributed by atoms with E-state index in [2.05, 4.69) is 11.1 Å². The molecule has 3 heteroatoms. The molecule has 0 bridgehead atoms. The molecule has 0 amide bonds. The highest BCUT2D eigenvalue weighted by Crippen LogP contribution is 2.05. The Bertz CT molecular complexity index is 313. The van der Waals surface area contributed by atoms with E-state index in [4.69, 9.17) is 12.2 Å². The number of hydrogen-bond acceptors (Lipinski definition) is 1. The fraction of sp³-hybridized carbons (Fsp3) is 0.100. The van der Waals surface area contributed by atoms with Gasteiger partial charge in [0.25, 0.3) is 0 Å². The summed E-state index contributed by atoms with van der Waals surface area (Å²) >= 11 is 5.08. The normalized spacial score (nSPS) is 11.1. The molecule has 0 saturated carbocycles. The van der Waals surface area contributed by atoms with Gasteiger partial charge in [-0.1, -0.05) is 30.4 Å². The number of quaternary nitrogens is 1. The second-order valence-corrected chi connectivity index (χ2v) is 3.29. The number of rotatable bonds is 2. The van der Waals surface area contributed by atoms with Crippen LogP contribution in [0, 0.1) is 0 Å². The Morgan fingerprint density at radius 2 is 2.00 bits per heavy atom. The van der Waals surface area contributed by atoms with Crippen molar-refractivity contribution in [3.05, 3.63) is 42.1 Å². The van der Waals surface area contributed by atoms with Crippen LogP contribution < -0.4 is 11.1 Å². The Hall–Kier alpha value is -1.19. The molecule has 0 radical (unpaired) electrons. The Morgan fingerprint density at radius 3 is 2.54 bits per heavy atom. The Kier molecular flexibility index (Phi) is 3.61. The number of thiocarbonyl (C=S) groups is 1. The summed E-state index contributed by atoms with van der Waals surface area (Å²) in [5.41, 5.74) is 5.71. The topological polar surface area (TPSA) is 39.7 Å². The summed E-state index contributed by atoms with van der Waals surface area (Å²) in [4.78, 5) is 0.693. The second-order valence-electron chi connectivity index (χ2n) is 2.85. The minimum absolute atomic E-state index is 0.693. The highest BCUT2D eigenvalue weighted by molar-refractivity contribution is 7.81. The number of nitrogens with one attached hydrogen (secondary N) is 1. The van der Waals surface area contributed by atoms with Gasteiger partial charge in [0.15, 0.2) is 0 Å². The smallest absolute Gasteiger partial charge is 0.109 e. The first-order valence-corrected chi connectivity index (χ1v) is 4.45. The monoisotopic (exact) mass is 193 g/mol. The Morgan fingerprint density at radius 1 is 1.38 bits per heavy atom. The fourth-order valence-corrected chi connectivity index (χ4v) is 1.24. The van der Waals surface area contributed by atoms with Crippen LogP contribution in [0.5, 0.6) is 0 Å². The van der Waals surface area contributed by atoms with E-state index in [0.717, 1.165) is 11.4 Å². The molecule has 0 heterocycles. The molecule has 0 unspecified atom stereocenters. The summed E-state index contributed by atoms with van der Waals surface area (Å²) < 4.78 is 0. The van der Waals surface area contributed by atoms with Crippen LogP contribution in [0.1, 0.15) is 6.92 Å². The van der Waals surface area contributed by atoms with Crippen molar-refractivity contribution in [3.8, 4) is 0 Å². The predicted molar refractivity (Wildman–Crippen MR) is 59.3 cm³/mol. The zero-order valence-corrected chi connectivity index (χ0v) is 8.40. The van der Waals surface area contributed by atoms with Crippen LogP contribution in [0.15, 0.2) is 42.1 Å². The van der Waals surface area contributed by atoms with E-state index in [1.165, 1.54) is 0 Å². The number of anilines is 1. The molecule has 1 aromatic carbocycles. The van der Waals surface area contributed by atoms with Crippen LogP contribution >= 0.6 is 12.2 Å². The Labute approximate surface area is 83.5 Å². The number of allylic oxidation sites excluding steroid dienone is 1. The summed E-state index contributed by atoms with van der Waals surface area (Å²) in [6.07, 6.45) is 1.84. The molecule has 13 heavy (non-hydrogen) atoms. The van der Waals surface area contributed by atoms with Gasteiger partial charge in [0.2, 0.25) is 0 Å². The third-order valence-electron chi connectivity index (χ3n) is 1.42. The highest BCUT2D eigenvalue weighted by Gasteiger charge is 1.93. The van der Waals surface area contributed by atoms with Crippen molar-refractivity contribution in [2.45, 2.75) is 6.92 Å². The van der Waals surface area contributed by atoms with Gasteiger partial charge < -0.3 is 11.1 Å².